The molecule has 0 aliphatic carbocycles. The summed E-state index contributed by atoms with van der Waals surface area (Å²) in [6.07, 6.45) is 1.96. The van der Waals surface area contributed by atoms with Gasteiger partial charge in [-0.05, 0) is 44.2 Å². The zero-order valence-electron chi connectivity index (χ0n) is 12.9. The Morgan fingerprint density at radius 1 is 1.17 bits per heavy atom. The Morgan fingerprint density at radius 3 is 2.65 bits per heavy atom. The molecule has 1 aromatic carbocycles. The highest BCUT2D eigenvalue weighted by atomic mass is 16.6. The second-order valence-corrected chi connectivity index (χ2v) is 6.28. The molecule has 2 fully saturated rings. The lowest BCUT2D eigenvalue weighted by atomic mass is 10.2. The number of carbonyl (C=O) groups is 1. The van der Waals surface area contributed by atoms with Crippen LogP contribution >= 0.6 is 0 Å². The van der Waals surface area contributed by atoms with Gasteiger partial charge in [0.2, 0.25) is 0 Å². The lowest BCUT2D eigenvalue weighted by molar-refractivity contribution is 0.0825. The fourth-order valence-corrected chi connectivity index (χ4v) is 3.54. The third-order valence-electron chi connectivity index (χ3n) is 4.90. The zero-order valence-corrected chi connectivity index (χ0v) is 12.9. The predicted molar refractivity (Wildman–Crippen MR) is 84.7 cm³/mol. The normalized spacial score (nSPS) is 24.1. The van der Waals surface area contributed by atoms with Gasteiger partial charge in [-0.3, -0.25) is 4.90 Å². The first-order chi connectivity index (χ1) is 11.1. The lowest BCUT2D eigenvalue weighted by Gasteiger charge is -2.38. The number of piperazine rings is 1. The molecule has 1 aromatic heterocycles. The van der Waals surface area contributed by atoms with E-state index in [-0.39, 0.29) is 6.09 Å². The highest BCUT2D eigenvalue weighted by Crippen LogP contribution is 2.29. The molecule has 120 valence electrons. The molecule has 0 saturated carbocycles. The molecule has 23 heavy (non-hydrogen) atoms. The summed E-state index contributed by atoms with van der Waals surface area (Å²) in [7, 11) is 2.13. The summed E-state index contributed by atoms with van der Waals surface area (Å²) in [5.74, 6) is 0.461. The highest BCUT2D eigenvalue weighted by molar-refractivity contribution is 5.79. The molecule has 4 rings (SSSR count). The van der Waals surface area contributed by atoms with E-state index in [0.717, 1.165) is 18.2 Å². The average molecular weight is 314 g/mol. The Bertz CT molecular complexity index is 802. The van der Waals surface area contributed by atoms with E-state index in [9.17, 15) is 9.59 Å². The maximum atomic E-state index is 12.4. The number of fused-ring (bicyclic) bond motifs is 3. The largest absolute Gasteiger partial charge is 0.423 e. The number of amides is 1. The number of hydrogen-bond donors (Lipinski definition) is 0. The second-order valence-electron chi connectivity index (χ2n) is 6.28. The van der Waals surface area contributed by atoms with Gasteiger partial charge in [-0.25, -0.2) is 9.59 Å². The molecule has 6 heteroatoms. The fourth-order valence-electron chi connectivity index (χ4n) is 3.54. The third-order valence-corrected chi connectivity index (χ3v) is 4.90. The van der Waals surface area contributed by atoms with Crippen LogP contribution in [0.5, 0.6) is 5.75 Å². The van der Waals surface area contributed by atoms with Gasteiger partial charge in [-0.1, -0.05) is 0 Å². The summed E-state index contributed by atoms with van der Waals surface area (Å²) in [6, 6.07) is 8.89. The number of nitrogens with zero attached hydrogens (tertiary/aromatic N) is 2. The molecule has 0 radical (unpaired) electrons. The van der Waals surface area contributed by atoms with Crippen molar-refractivity contribution < 1.29 is 13.9 Å². The van der Waals surface area contributed by atoms with Crippen molar-refractivity contribution in [2.75, 3.05) is 20.1 Å². The molecular weight excluding hydrogens is 296 g/mol. The van der Waals surface area contributed by atoms with Crippen molar-refractivity contribution in [3.05, 3.63) is 40.8 Å². The van der Waals surface area contributed by atoms with Crippen LogP contribution < -0.4 is 10.4 Å². The predicted octanol–water partition coefficient (Wildman–Crippen LogP) is 2.07. The van der Waals surface area contributed by atoms with Crippen molar-refractivity contribution in [1.29, 1.82) is 0 Å². The van der Waals surface area contributed by atoms with Crippen LogP contribution in [0.4, 0.5) is 4.79 Å². The van der Waals surface area contributed by atoms with Crippen LogP contribution in [0.2, 0.25) is 0 Å². The minimum Gasteiger partial charge on any atom is -0.423 e. The molecule has 3 heterocycles. The highest BCUT2D eigenvalue weighted by Gasteiger charge is 2.39. The summed E-state index contributed by atoms with van der Waals surface area (Å²) in [5.41, 5.74) is 0.0881. The van der Waals surface area contributed by atoms with Gasteiger partial charge in [-0.2, -0.15) is 0 Å². The van der Waals surface area contributed by atoms with Crippen LogP contribution in [0.25, 0.3) is 11.0 Å². The molecule has 2 aliphatic rings. The molecule has 2 aliphatic heterocycles. The second kappa shape index (κ2) is 5.38. The summed E-state index contributed by atoms with van der Waals surface area (Å²) in [4.78, 5) is 27.7. The summed E-state index contributed by atoms with van der Waals surface area (Å²) >= 11 is 0. The van der Waals surface area contributed by atoms with Gasteiger partial charge in [0, 0.05) is 36.6 Å². The van der Waals surface area contributed by atoms with Crippen molar-refractivity contribution in [1.82, 2.24) is 9.80 Å². The number of hydrogen-bond acceptors (Lipinski definition) is 5. The first-order valence-electron chi connectivity index (χ1n) is 7.83. The van der Waals surface area contributed by atoms with Crippen molar-refractivity contribution in [2.45, 2.75) is 24.9 Å². The first-order valence-corrected chi connectivity index (χ1v) is 7.83. The maximum absolute atomic E-state index is 12.4. The molecule has 2 aromatic rings. The minimum absolute atomic E-state index is 0.313. The average Bonchev–Trinajstić information content (AvgIpc) is 2.76. The van der Waals surface area contributed by atoms with Gasteiger partial charge in [0.25, 0.3) is 0 Å². The van der Waals surface area contributed by atoms with Gasteiger partial charge >= 0.3 is 11.7 Å². The molecule has 2 saturated heterocycles. The molecular formula is C17H18N2O4. The molecule has 6 nitrogen and oxygen atoms in total. The molecule has 1 amide bonds. The Hall–Kier alpha value is -2.34. The van der Waals surface area contributed by atoms with E-state index in [1.165, 1.54) is 6.07 Å². The van der Waals surface area contributed by atoms with E-state index in [4.69, 9.17) is 9.15 Å². The smallest absolute Gasteiger partial charge is 0.415 e. The van der Waals surface area contributed by atoms with E-state index in [2.05, 4.69) is 11.9 Å². The van der Waals surface area contributed by atoms with Crippen LogP contribution in [0.1, 0.15) is 12.8 Å². The number of rotatable bonds is 1. The maximum Gasteiger partial charge on any atom is 0.415 e. The standard InChI is InChI=1S/C17H18N2O4/c1-18-12-3-4-13(18)10-19(9-12)17(21)22-14-5-6-15-11(8-14)2-7-16(20)23-15/h2,5-8,12-13H,3-4,9-10H2,1H3. The van der Waals surface area contributed by atoms with Gasteiger partial charge in [0.1, 0.15) is 11.3 Å². The van der Waals surface area contributed by atoms with E-state index in [1.54, 1.807) is 29.2 Å². The van der Waals surface area contributed by atoms with Crippen LogP contribution in [-0.4, -0.2) is 48.1 Å². The van der Waals surface area contributed by atoms with Crippen LogP contribution in [0, 0.1) is 0 Å². The van der Waals surface area contributed by atoms with Crippen LogP contribution in [-0.2, 0) is 0 Å². The van der Waals surface area contributed by atoms with Crippen molar-refractivity contribution in [3.63, 3.8) is 0 Å². The van der Waals surface area contributed by atoms with Gasteiger partial charge in [0.05, 0.1) is 0 Å². The van der Waals surface area contributed by atoms with E-state index >= 15 is 0 Å². The number of likely N-dealkylation sites (tertiary alicyclic amines) is 1. The molecule has 2 atom stereocenters. The van der Waals surface area contributed by atoms with Crippen LogP contribution in [0.3, 0.4) is 0 Å². The Labute approximate surface area is 133 Å². The van der Waals surface area contributed by atoms with Crippen molar-refractivity contribution in [2.24, 2.45) is 0 Å². The van der Waals surface area contributed by atoms with Gasteiger partial charge in [0.15, 0.2) is 0 Å². The van der Waals surface area contributed by atoms with Crippen molar-refractivity contribution in [3.8, 4) is 5.75 Å². The molecule has 2 unspecified atom stereocenters. The molecule has 0 N–H and O–H groups in total. The zero-order chi connectivity index (χ0) is 16.0. The van der Waals surface area contributed by atoms with E-state index < -0.39 is 5.63 Å². The van der Waals surface area contributed by atoms with Crippen LogP contribution in [0.15, 0.2) is 39.5 Å². The number of ether oxygens (including phenoxy) is 1. The number of carbonyl (C=O) groups excluding carboxylic acids is 1. The summed E-state index contributed by atoms with van der Waals surface area (Å²) < 4.78 is 10.6. The Morgan fingerprint density at radius 2 is 1.91 bits per heavy atom. The summed E-state index contributed by atoms with van der Waals surface area (Å²) in [6.45, 7) is 1.43. The lowest BCUT2D eigenvalue weighted by Crippen LogP contribution is -2.54. The molecule has 0 spiro atoms. The third kappa shape index (κ3) is 2.59. The van der Waals surface area contributed by atoms with Gasteiger partial charge < -0.3 is 14.1 Å². The first kappa shape index (κ1) is 14.3. The Kier molecular flexibility index (Phi) is 3.34. The number of benzene rings is 1. The van der Waals surface area contributed by atoms with Crippen molar-refractivity contribution >= 4 is 17.1 Å². The topological polar surface area (TPSA) is 63.0 Å². The number of likely N-dealkylation sites (N-methyl/N-ethyl adjacent to an activating group) is 1. The Balaban J connectivity index is 1.50. The quantitative estimate of drug-likeness (QED) is 0.754. The van der Waals surface area contributed by atoms with E-state index in [1.807, 2.05) is 0 Å². The SMILES string of the molecule is CN1C2CCC1CN(C(=O)Oc1ccc3oc(=O)ccc3c1)C2. The fraction of sp³-hybridized carbons (Fsp3) is 0.412. The summed E-state index contributed by atoms with van der Waals surface area (Å²) in [5, 5.41) is 0.730. The monoisotopic (exact) mass is 314 g/mol. The van der Waals surface area contributed by atoms with Gasteiger partial charge in [-0.15, -0.1) is 0 Å². The van der Waals surface area contributed by atoms with E-state index in [0.29, 0.717) is 36.5 Å². The minimum atomic E-state index is -0.393. The molecule has 2 bridgehead atoms.